The first kappa shape index (κ1) is 10.1. The summed E-state index contributed by atoms with van der Waals surface area (Å²) in [6, 6.07) is 0. The van der Waals surface area contributed by atoms with Crippen molar-refractivity contribution in [1.82, 2.24) is 4.90 Å². The van der Waals surface area contributed by atoms with Crippen molar-refractivity contribution in [2.24, 2.45) is 11.8 Å². The van der Waals surface area contributed by atoms with Gasteiger partial charge in [-0.15, -0.1) is 0 Å². The largest absolute Gasteiger partial charge is 0.375 e. The molecule has 2 aliphatic rings. The van der Waals surface area contributed by atoms with Gasteiger partial charge >= 0.3 is 0 Å². The van der Waals surface area contributed by atoms with Gasteiger partial charge < -0.3 is 4.90 Å². The van der Waals surface area contributed by atoms with Crippen LogP contribution in [0.2, 0.25) is 0 Å². The topological polar surface area (TPSA) is 3.24 Å². The molecule has 1 saturated heterocycles. The highest BCUT2D eigenvalue weighted by molar-refractivity contribution is 5.07. The minimum atomic E-state index is 0.867. The van der Waals surface area contributed by atoms with E-state index in [9.17, 15) is 0 Å². The Morgan fingerprint density at radius 1 is 1.29 bits per heavy atom. The van der Waals surface area contributed by atoms with Gasteiger partial charge in [0.05, 0.1) is 0 Å². The first-order valence-corrected chi connectivity index (χ1v) is 6.21. The molecule has 0 aromatic rings. The summed E-state index contributed by atoms with van der Waals surface area (Å²) in [5, 5.41) is 0. The molecule has 0 bridgehead atoms. The fraction of sp³-hybridized carbons (Fsp3) is 0.846. The van der Waals surface area contributed by atoms with E-state index in [2.05, 4.69) is 24.8 Å². The number of rotatable bonds is 2. The summed E-state index contributed by atoms with van der Waals surface area (Å²) in [6.07, 6.45) is 9.40. The molecule has 0 amide bonds. The highest BCUT2D eigenvalue weighted by Crippen LogP contribution is 2.31. The number of likely N-dealkylation sites (tertiary alicyclic amines) is 1. The minimum absolute atomic E-state index is 0.867. The molecule has 0 spiro atoms. The van der Waals surface area contributed by atoms with Crippen LogP contribution in [0, 0.1) is 11.8 Å². The Kier molecular flexibility index (Phi) is 3.15. The third-order valence-corrected chi connectivity index (χ3v) is 3.88. The van der Waals surface area contributed by atoms with Crippen molar-refractivity contribution >= 4 is 0 Å². The molecule has 80 valence electrons. The molecule has 1 aliphatic heterocycles. The molecular weight excluding hydrogens is 170 g/mol. The SMILES string of the molecule is CC(C)C1CC=C(N2CCCC2)CC1. The number of allylic oxidation sites excluding steroid dienone is 2. The molecule has 1 unspecified atom stereocenters. The predicted octanol–water partition coefficient (Wildman–Crippen LogP) is 3.42. The molecule has 0 N–H and O–H groups in total. The van der Waals surface area contributed by atoms with E-state index in [1.807, 2.05) is 0 Å². The fourth-order valence-electron chi connectivity index (χ4n) is 2.74. The fourth-order valence-corrected chi connectivity index (χ4v) is 2.74. The number of hydrogen-bond donors (Lipinski definition) is 0. The summed E-state index contributed by atoms with van der Waals surface area (Å²) in [7, 11) is 0. The zero-order valence-electron chi connectivity index (χ0n) is 9.63. The van der Waals surface area contributed by atoms with Crippen LogP contribution in [-0.2, 0) is 0 Å². The lowest BCUT2D eigenvalue weighted by molar-refractivity contribution is 0.311. The Hall–Kier alpha value is -0.460. The molecular formula is C13H23N. The first-order valence-electron chi connectivity index (χ1n) is 6.21. The van der Waals surface area contributed by atoms with Crippen LogP contribution in [-0.4, -0.2) is 18.0 Å². The van der Waals surface area contributed by atoms with Crippen molar-refractivity contribution in [1.29, 1.82) is 0 Å². The van der Waals surface area contributed by atoms with Gasteiger partial charge in [-0.1, -0.05) is 19.9 Å². The molecule has 1 fully saturated rings. The van der Waals surface area contributed by atoms with Crippen LogP contribution in [0.4, 0.5) is 0 Å². The molecule has 0 saturated carbocycles. The van der Waals surface area contributed by atoms with E-state index in [0.29, 0.717) is 0 Å². The number of nitrogens with zero attached hydrogens (tertiary/aromatic N) is 1. The second kappa shape index (κ2) is 4.37. The second-order valence-corrected chi connectivity index (χ2v) is 5.17. The lowest BCUT2D eigenvalue weighted by atomic mass is 9.84. The molecule has 2 rings (SSSR count). The molecule has 0 aromatic carbocycles. The maximum atomic E-state index is 2.61. The summed E-state index contributed by atoms with van der Waals surface area (Å²) in [4.78, 5) is 2.61. The highest BCUT2D eigenvalue weighted by atomic mass is 15.1. The van der Waals surface area contributed by atoms with Crippen molar-refractivity contribution in [3.63, 3.8) is 0 Å². The van der Waals surface area contributed by atoms with Gasteiger partial charge in [0.2, 0.25) is 0 Å². The van der Waals surface area contributed by atoms with E-state index in [1.165, 1.54) is 45.2 Å². The maximum Gasteiger partial charge on any atom is 0.0175 e. The average molecular weight is 193 g/mol. The van der Waals surface area contributed by atoms with Gasteiger partial charge in [0.15, 0.2) is 0 Å². The van der Waals surface area contributed by atoms with Crippen molar-refractivity contribution in [3.8, 4) is 0 Å². The van der Waals surface area contributed by atoms with Crippen molar-refractivity contribution < 1.29 is 0 Å². The summed E-state index contributed by atoms with van der Waals surface area (Å²) < 4.78 is 0. The lowest BCUT2D eigenvalue weighted by Gasteiger charge is -2.30. The third-order valence-electron chi connectivity index (χ3n) is 3.88. The van der Waals surface area contributed by atoms with Gasteiger partial charge in [0.25, 0.3) is 0 Å². The van der Waals surface area contributed by atoms with E-state index in [4.69, 9.17) is 0 Å². The summed E-state index contributed by atoms with van der Waals surface area (Å²) in [5.41, 5.74) is 1.65. The summed E-state index contributed by atoms with van der Waals surface area (Å²) in [6.45, 7) is 7.36. The van der Waals surface area contributed by atoms with Crippen LogP contribution in [0.25, 0.3) is 0 Å². The van der Waals surface area contributed by atoms with Crippen LogP contribution in [0.15, 0.2) is 11.8 Å². The standard InChI is InChI=1S/C13H23N/c1-11(2)12-5-7-13(8-6-12)14-9-3-4-10-14/h7,11-12H,3-6,8-10H2,1-2H3. The summed E-state index contributed by atoms with van der Waals surface area (Å²) in [5.74, 6) is 1.81. The van der Waals surface area contributed by atoms with E-state index < -0.39 is 0 Å². The van der Waals surface area contributed by atoms with Crippen molar-refractivity contribution in [3.05, 3.63) is 11.8 Å². The maximum absolute atomic E-state index is 2.61. The van der Waals surface area contributed by atoms with Crippen LogP contribution in [0.5, 0.6) is 0 Å². The highest BCUT2D eigenvalue weighted by Gasteiger charge is 2.21. The zero-order valence-corrected chi connectivity index (χ0v) is 9.63. The van der Waals surface area contributed by atoms with Gasteiger partial charge in [-0.25, -0.2) is 0 Å². The normalized spacial score (nSPS) is 28.4. The Balaban J connectivity index is 1.90. The van der Waals surface area contributed by atoms with E-state index in [-0.39, 0.29) is 0 Å². The molecule has 14 heavy (non-hydrogen) atoms. The predicted molar refractivity (Wildman–Crippen MR) is 61.1 cm³/mol. The number of hydrogen-bond acceptors (Lipinski definition) is 1. The van der Waals surface area contributed by atoms with Gasteiger partial charge in [0.1, 0.15) is 0 Å². The van der Waals surface area contributed by atoms with E-state index in [1.54, 1.807) is 5.70 Å². The van der Waals surface area contributed by atoms with Crippen molar-refractivity contribution in [2.75, 3.05) is 13.1 Å². The smallest absolute Gasteiger partial charge is 0.0175 e. The summed E-state index contributed by atoms with van der Waals surface area (Å²) >= 11 is 0. The Morgan fingerprint density at radius 2 is 2.00 bits per heavy atom. The van der Waals surface area contributed by atoms with Crippen LogP contribution < -0.4 is 0 Å². The molecule has 1 atom stereocenters. The van der Waals surface area contributed by atoms with Gasteiger partial charge in [-0.2, -0.15) is 0 Å². The molecule has 0 radical (unpaired) electrons. The zero-order chi connectivity index (χ0) is 9.97. The quantitative estimate of drug-likeness (QED) is 0.649. The van der Waals surface area contributed by atoms with E-state index >= 15 is 0 Å². The van der Waals surface area contributed by atoms with Crippen LogP contribution in [0.3, 0.4) is 0 Å². The second-order valence-electron chi connectivity index (χ2n) is 5.17. The molecule has 1 heterocycles. The Morgan fingerprint density at radius 3 is 2.50 bits per heavy atom. The molecule has 1 heteroatoms. The third kappa shape index (κ3) is 2.13. The molecule has 1 nitrogen and oxygen atoms in total. The Bertz CT molecular complexity index is 211. The van der Waals surface area contributed by atoms with Crippen molar-refractivity contribution in [2.45, 2.75) is 46.0 Å². The lowest BCUT2D eigenvalue weighted by Crippen LogP contribution is -2.23. The Labute approximate surface area is 88.2 Å². The first-order chi connectivity index (χ1) is 6.77. The van der Waals surface area contributed by atoms with Crippen LogP contribution in [0.1, 0.15) is 46.0 Å². The van der Waals surface area contributed by atoms with Gasteiger partial charge in [0, 0.05) is 18.8 Å². The van der Waals surface area contributed by atoms with Gasteiger partial charge in [-0.05, 0) is 43.9 Å². The minimum Gasteiger partial charge on any atom is -0.375 e. The molecule has 0 aromatic heterocycles. The van der Waals surface area contributed by atoms with Crippen LogP contribution >= 0.6 is 0 Å². The molecule has 1 aliphatic carbocycles. The van der Waals surface area contributed by atoms with Gasteiger partial charge in [-0.3, -0.25) is 0 Å². The average Bonchev–Trinajstić information content (AvgIpc) is 2.71. The van der Waals surface area contributed by atoms with E-state index in [0.717, 1.165) is 11.8 Å². The monoisotopic (exact) mass is 193 g/mol.